The van der Waals surface area contributed by atoms with Crippen molar-refractivity contribution in [1.29, 1.82) is 0 Å². The SMILES string of the molecule is CCCN1CCN(C(C)C(NC)c2ccc(C)cc2)CC1. The van der Waals surface area contributed by atoms with Gasteiger partial charge in [0.05, 0.1) is 0 Å². The fourth-order valence-corrected chi connectivity index (χ4v) is 3.38. The maximum Gasteiger partial charge on any atom is 0.0473 e. The molecule has 0 bridgehead atoms. The normalized spacial score (nSPS) is 20.4. The minimum absolute atomic E-state index is 0.406. The quantitative estimate of drug-likeness (QED) is 0.868. The predicted molar refractivity (Wildman–Crippen MR) is 90.7 cm³/mol. The predicted octanol–water partition coefficient (Wildman–Crippen LogP) is 2.67. The number of likely N-dealkylation sites (N-methyl/N-ethyl adjacent to an activating group) is 1. The third-order valence-electron chi connectivity index (χ3n) is 4.75. The van der Waals surface area contributed by atoms with E-state index in [2.05, 4.69) is 67.2 Å². The highest BCUT2D eigenvalue weighted by atomic mass is 15.3. The molecule has 3 nitrogen and oxygen atoms in total. The molecule has 0 amide bonds. The lowest BCUT2D eigenvalue weighted by Gasteiger charge is -2.41. The molecule has 21 heavy (non-hydrogen) atoms. The van der Waals surface area contributed by atoms with E-state index in [1.165, 1.54) is 50.3 Å². The lowest BCUT2D eigenvalue weighted by molar-refractivity contribution is 0.0869. The van der Waals surface area contributed by atoms with Gasteiger partial charge in [0, 0.05) is 38.3 Å². The number of nitrogens with zero attached hydrogens (tertiary/aromatic N) is 2. The van der Waals surface area contributed by atoms with Crippen LogP contribution in [0.1, 0.15) is 37.4 Å². The summed E-state index contributed by atoms with van der Waals surface area (Å²) >= 11 is 0. The zero-order chi connectivity index (χ0) is 15.2. The molecular formula is C18H31N3. The van der Waals surface area contributed by atoms with Crippen LogP contribution in [-0.2, 0) is 0 Å². The van der Waals surface area contributed by atoms with Gasteiger partial charge in [-0.25, -0.2) is 0 Å². The molecule has 2 rings (SSSR count). The van der Waals surface area contributed by atoms with Crippen molar-refractivity contribution in [3.05, 3.63) is 35.4 Å². The highest BCUT2D eigenvalue weighted by Gasteiger charge is 2.26. The van der Waals surface area contributed by atoms with Gasteiger partial charge in [-0.3, -0.25) is 4.90 Å². The van der Waals surface area contributed by atoms with E-state index in [4.69, 9.17) is 0 Å². The number of hydrogen-bond acceptors (Lipinski definition) is 3. The van der Waals surface area contributed by atoms with Gasteiger partial charge in [-0.15, -0.1) is 0 Å². The van der Waals surface area contributed by atoms with E-state index in [0.717, 1.165) is 0 Å². The molecule has 1 heterocycles. The molecule has 1 saturated heterocycles. The van der Waals surface area contributed by atoms with Gasteiger partial charge in [0.1, 0.15) is 0 Å². The second-order valence-corrected chi connectivity index (χ2v) is 6.30. The van der Waals surface area contributed by atoms with Crippen LogP contribution in [0.15, 0.2) is 24.3 Å². The first-order chi connectivity index (χ1) is 10.2. The van der Waals surface area contributed by atoms with Crippen LogP contribution in [0.25, 0.3) is 0 Å². The topological polar surface area (TPSA) is 18.5 Å². The molecule has 0 aromatic heterocycles. The number of hydrogen-bond donors (Lipinski definition) is 1. The third kappa shape index (κ3) is 4.29. The fourth-order valence-electron chi connectivity index (χ4n) is 3.38. The minimum atomic E-state index is 0.406. The molecular weight excluding hydrogens is 258 g/mol. The third-order valence-corrected chi connectivity index (χ3v) is 4.75. The molecule has 1 aromatic rings. The molecule has 0 spiro atoms. The molecule has 1 fully saturated rings. The zero-order valence-electron chi connectivity index (χ0n) is 14.1. The van der Waals surface area contributed by atoms with E-state index in [1.807, 2.05) is 0 Å². The van der Waals surface area contributed by atoms with Crippen molar-refractivity contribution in [3.8, 4) is 0 Å². The van der Waals surface area contributed by atoms with Crippen molar-refractivity contribution in [2.24, 2.45) is 0 Å². The van der Waals surface area contributed by atoms with Gasteiger partial charge in [-0.1, -0.05) is 36.8 Å². The highest BCUT2D eigenvalue weighted by Crippen LogP contribution is 2.22. The van der Waals surface area contributed by atoms with Crippen LogP contribution >= 0.6 is 0 Å². The largest absolute Gasteiger partial charge is 0.312 e. The van der Waals surface area contributed by atoms with E-state index in [-0.39, 0.29) is 0 Å². The van der Waals surface area contributed by atoms with Crippen LogP contribution in [0.2, 0.25) is 0 Å². The van der Waals surface area contributed by atoms with Crippen molar-refractivity contribution >= 4 is 0 Å². The van der Waals surface area contributed by atoms with Gasteiger partial charge in [-0.2, -0.15) is 0 Å². The minimum Gasteiger partial charge on any atom is -0.312 e. The van der Waals surface area contributed by atoms with E-state index < -0.39 is 0 Å². The number of rotatable bonds is 6. The second-order valence-electron chi connectivity index (χ2n) is 6.30. The van der Waals surface area contributed by atoms with Crippen molar-refractivity contribution in [2.75, 3.05) is 39.8 Å². The van der Waals surface area contributed by atoms with Crippen molar-refractivity contribution in [1.82, 2.24) is 15.1 Å². The van der Waals surface area contributed by atoms with E-state index in [0.29, 0.717) is 12.1 Å². The van der Waals surface area contributed by atoms with Crippen molar-refractivity contribution < 1.29 is 0 Å². The fraction of sp³-hybridized carbons (Fsp3) is 0.667. The summed E-state index contributed by atoms with van der Waals surface area (Å²) in [4.78, 5) is 5.22. The van der Waals surface area contributed by atoms with Gasteiger partial charge in [0.2, 0.25) is 0 Å². The number of benzene rings is 1. The summed E-state index contributed by atoms with van der Waals surface area (Å²) in [6.07, 6.45) is 1.26. The molecule has 1 N–H and O–H groups in total. The average molecular weight is 289 g/mol. The first kappa shape index (κ1) is 16.5. The first-order valence-electron chi connectivity index (χ1n) is 8.36. The van der Waals surface area contributed by atoms with Crippen molar-refractivity contribution in [3.63, 3.8) is 0 Å². The zero-order valence-corrected chi connectivity index (χ0v) is 14.1. The maximum absolute atomic E-state index is 3.52. The Kier molecular flexibility index (Phi) is 6.22. The summed E-state index contributed by atoms with van der Waals surface area (Å²) in [5.41, 5.74) is 2.72. The van der Waals surface area contributed by atoms with Crippen LogP contribution < -0.4 is 5.32 Å². The molecule has 0 aliphatic carbocycles. The molecule has 1 aliphatic heterocycles. The van der Waals surface area contributed by atoms with Gasteiger partial charge in [-0.05, 0) is 39.4 Å². The molecule has 1 aliphatic rings. The number of nitrogens with one attached hydrogen (secondary N) is 1. The summed E-state index contributed by atoms with van der Waals surface area (Å²) in [5.74, 6) is 0. The van der Waals surface area contributed by atoms with Gasteiger partial charge < -0.3 is 10.2 Å². The van der Waals surface area contributed by atoms with Crippen LogP contribution in [0.4, 0.5) is 0 Å². The molecule has 0 saturated carbocycles. The Hall–Kier alpha value is -0.900. The van der Waals surface area contributed by atoms with Crippen LogP contribution in [0.5, 0.6) is 0 Å². The number of aryl methyl sites for hydroxylation is 1. The standard InChI is InChI=1S/C18H31N3/c1-5-10-20-11-13-21(14-12-20)16(3)18(19-4)17-8-6-15(2)7-9-17/h6-9,16,18-19H,5,10-14H2,1-4H3. The number of piperazine rings is 1. The summed E-state index contributed by atoms with van der Waals surface area (Å²) in [5, 5.41) is 3.52. The van der Waals surface area contributed by atoms with Crippen LogP contribution in [0, 0.1) is 6.92 Å². The van der Waals surface area contributed by atoms with Gasteiger partial charge in [0.15, 0.2) is 0 Å². The molecule has 118 valence electrons. The molecule has 2 atom stereocenters. The Morgan fingerprint density at radius 1 is 1.10 bits per heavy atom. The van der Waals surface area contributed by atoms with E-state index in [9.17, 15) is 0 Å². The Balaban J connectivity index is 1.97. The Labute approximate surface area is 130 Å². The first-order valence-corrected chi connectivity index (χ1v) is 8.36. The molecule has 2 unspecified atom stereocenters. The summed E-state index contributed by atoms with van der Waals surface area (Å²) in [6.45, 7) is 12.8. The lowest BCUT2D eigenvalue weighted by atomic mass is 9.98. The van der Waals surface area contributed by atoms with E-state index >= 15 is 0 Å². The van der Waals surface area contributed by atoms with Gasteiger partial charge in [0.25, 0.3) is 0 Å². The van der Waals surface area contributed by atoms with Crippen LogP contribution in [-0.4, -0.2) is 55.6 Å². The van der Waals surface area contributed by atoms with Crippen LogP contribution in [0.3, 0.4) is 0 Å². The highest BCUT2D eigenvalue weighted by molar-refractivity contribution is 5.25. The maximum atomic E-state index is 3.52. The van der Waals surface area contributed by atoms with Crippen molar-refractivity contribution in [2.45, 2.75) is 39.3 Å². The molecule has 3 heteroatoms. The summed E-state index contributed by atoms with van der Waals surface area (Å²) < 4.78 is 0. The average Bonchev–Trinajstić information content (AvgIpc) is 2.51. The molecule has 1 aromatic carbocycles. The monoisotopic (exact) mass is 289 g/mol. The summed E-state index contributed by atoms with van der Waals surface area (Å²) in [6, 6.07) is 9.89. The smallest absolute Gasteiger partial charge is 0.0473 e. The Bertz CT molecular complexity index is 407. The molecule has 0 radical (unpaired) electrons. The Morgan fingerprint density at radius 2 is 1.71 bits per heavy atom. The Morgan fingerprint density at radius 3 is 2.24 bits per heavy atom. The lowest BCUT2D eigenvalue weighted by Crippen LogP contribution is -2.52. The van der Waals surface area contributed by atoms with Gasteiger partial charge >= 0.3 is 0 Å². The summed E-state index contributed by atoms with van der Waals surface area (Å²) in [7, 11) is 2.08. The second kappa shape index (κ2) is 7.92. The van der Waals surface area contributed by atoms with E-state index in [1.54, 1.807) is 0 Å².